The lowest BCUT2D eigenvalue weighted by atomic mass is 10.2. The molecule has 1 atom stereocenters. The molecule has 23 heavy (non-hydrogen) atoms. The molecule has 1 N–H and O–H groups in total. The number of rotatable bonds is 5. The number of carbonyl (C=O) groups excluding carboxylic acids is 1. The highest BCUT2D eigenvalue weighted by atomic mass is 32.1. The zero-order chi connectivity index (χ0) is 16.2. The summed E-state index contributed by atoms with van der Waals surface area (Å²) in [6, 6.07) is 10.4. The van der Waals surface area contributed by atoms with Gasteiger partial charge in [-0.15, -0.1) is 11.3 Å². The molecule has 6 nitrogen and oxygen atoms in total. The van der Waals surface area contributed by atoms with Gasteiger partial charge in [0.05, 0.1) is 17.5 Å². The molecule has 1 saturated heterocycles. The summed E-state index contributed by atoms with van der Waals surface area (Å²) in [5, 5.41) is 15.8. The van der Waals surface area contributed by atoms with Crippen LogP contribution >= 0.6 is 11.3 Å². The highest BCUT2D eigenvalue weighted by Gasteiger charge is 2.30. The third kappa shape index (κ3) is 3.50. The summed E-state index contributed by atoms with van der Waals surface area (Å²) in [5.41, 5.74) is 0.597. The Morgan fingerprint density at radius 2 is 2.26 bits per heavy atom. The molecule has 0 aliphatic carbocycles. The van der Waals surface area contributed by atoms with Crippen molar-refractivity contribution in [3.8, 4) is 0 Å². The molecule has 0 saturated carbocycles. The molecule has 1 unspecified atom stereocenters. The van der Waals surface area contributed by atoms with Crippen molar-refractivity contribution in [2.24, 2.45) is 0 Å². The van der Waals surface area contributed by atoms with Crippen molar-refractivity contribution in [1.82, 2.24) is 4.90 Å². The van der Waals surface area contributed by atoms with Crippen molar-refractivity contribution in [1.29, 1.82) is 0 Å². The third-order valence-electron chi connectivity index (χ3n) is 3.95. The van der Waals surface area contributed by atoms with Crippen LogP contribution in [0.4, 0.5) is 11.4 Å². The van der Waals surface area contributed by atoms with Crippen LogP contribution in [0.1, 0.15) is 23.8 Å². The molecule has 3 rings (SSSR count). The first-order chi connectivity index (χ1) is 11.1. The molecule has 1 aromatic heterocycles. The van der Waals surface area contributed by atoms with Gasteiger partial charge < -0.3 is 10.2 Å². The van der Waals surface area contributed by atoms with E-state index in [-0.39, 0.29) is 24.2 Å². The van der Waals surface area contributed by atoms with Crippen LogP contribution in [-0.2, 0) is 4.79 Å². The fraction of sp³-hybridized carbons (Fsp3) is 0.312. The number of hydrogen-bond donors (Lipinski definition) is 1. The van der Waals surface area contributed by atoms with Crippen LogP contribution in [0, 0.1) is 10.1 Å². The first-order valence-corrected chi connectivity index (χ1v) is 8.34. The van der Waals surface area contributed by atoms with E-state index >= 15 is 0 Å². The molecular weight excluding hydrogens is 314 g/mol. The van der Waals surface area contributed by atoms with E-state index in [1.165, 1.54) is 17.0 Å². The summed E-state index contributed by atoms with van der Waals surface area (Å²) in [4.78, 5) is 25.9. The second-order valence-electron chi connectivity index (χ2n) is 5.42. The van der Waals surface area contributed by atoms with E-state index in [0.29, 0.717) is 5.69 Å². The van der Waals surface area contributed by atoms with Crippen LogP contribution in [0.5, 0.6) is 0 Å². The van der Waals surface area contributed by atoms with E-state index in [2.05, 4.69) is 11.4 Å². The molecule has 0 spiro atoms. The van der Waals surface area contributed by atoms with Crippen LogP contribution in [-0.4, -0.2) is 28.8 Å². The Balaban J connectivity index is 1.63. The fourth-order valence-electron chi connectivity index (χ4n) is 2.85. The molecule has 1 aliphatic heterocycles. The number of carbonyl (C=O) groups is 1. The number of amides is 1. The highest BCUT2D eigenvalue weighted by molar-refractivity contribution is 7.10. The Bertz CT molecular complexity index is 702. The van der Waals surface area contributed by atoms with Gasteiger partial charge in [0.1, 0.15) is 0 Å². The second-order valence-corrected chi connectivity index (χ2v) is 6.40. The maximum atomic E-state index is 12.5. The van der Waals surface area contributed by atoms with Crippen molar-refractivity contribution in [3.05, 3.63) is 56.8 Å². The lowest BCUT2D eigenvalue weighted by molar-refractivity contribution is -0.384. The fourth-order valence-corrected chi connectivity index (χ4v) is 3.72. The number of nitrogens with zero attached hydrogens (tertiary/aromatic N) is 2. The summed E-state index contributed by atoms with van der Waals surface area (Å²) in [5.74, 6) is 0.0207. The molecular formula is C16H17N3O3S. The zero-order valence-electron chi connectivity index (χ0n) is 12.5. The van der Waals surface area contributed by atoms with Crippen LogP contribution in [0.25, 0.3) is 0 Å². The minimum absolute atomic E-state index is 0.0140. The largest absolute Gasteiger partial charge is 0.376 e. The number of nitro groups is 1. The van der Waals surface area contributed by atoms with Crippen molar-refractivity contribution >= 4 is 28.6 Å². The third-order valence-corrected chi connectivity index (χ3v) is 4.92. The zero-order valence-corrected chi connectivity index (χ0v) is 13.3. The lowest BCUT2D eigenvalue weighted by Crippen LogP contribution is -2.34. The number of nitro benzene ring substituents is 1. The minimum Gasteiger partial charge on any atom is -0.376 e. The molecule has 0 radical (unpaired) electrons. The molecule has 1 aromatic carbocycles. The van der Waals surface area contributed by atoms with Gasteiger partial charge in [-0.3, -0.25) is 14.9 Å². The van der Waals surface area contributed by atoms with Gasteiger partial charge in [0.25, 0.3) is 5.69 Å². The van der Waals surface area contributed by atoms with Gasteiger partial charge in [-0.2, -0.15) is 0 Å². The number of benzene rings is 1. The van der Waals surface area contributed by atoms with Gasteiger partial charge in [0, 0.05) is 29.2 Å². The van der Waals surface area contributed by atoms with Gasteiger partial charge in [0.2, 0.25) is 5.91 Å². The van der Waals surface area contributed by atoms with Crippen molar-refractivity contribution in [2.45, 2.75) is 18.9 Å². The maximum Gasteiger partial charge on any atom is 0.271 e. The predicted octanol–water partition coefficient (Wildman–Crippen LogP) is 3.43. The van der Waals surface area contributed by atoms with Crippen molar-refractivity contribution in [2.75, 3.05) is 18.4 Å². The molecule has 120 valence electrons. The Morgan fingerprint density at radius 3 is 3.00 bits per heavy atom. The quantitative estimate of drug-likeness (QED) is 0.673. The van der Waals surface area contributed by atoms with E-state index in [1.807, 2.05) is 16.3 Å². The summed E-state index contributed by atoms with van der Waals surface area (Å²) >= 11 is 1.67. The van der Waals surface area contributed by atoms with Gasteiger partial charge in [-0.25, -0.2) is 0 Å². The van der Waals surface area contributed by atoms with Crippen LogP contribution in [0.15, 0.2) is 41.8 Å². The first-order valence-electron chi connectivity index (χ1n) is 7.46. The van der Waals surface area contributed by atoms with E-state index in [4.69, 9.17) is 0 Å². The summed E-state index contributed by atoms with van der Waals surface area (Å²) in [7, 11) is 0. The molecule has 0 bridgehead atoms. The summed E-state index contributed by atoms with van der Waals surface area (Å²) in [6.45, 7) is 0.904. The van der Waals surface area contributed by atoms with Gasteiger partial charge in [-0.05, 0) is 30.4 Å². The second kappa shape index (κ2) is 6.78. The summed E-state index contributed by atoms with van der Waals surface area (Å²) < 4.78 is 0. The maximum absolute atomic E-state index is 12.5. The minimum atomic E-state index is -0.444. The number of non-ortho nitro benzene ring substituents is 1. The standard InChI is InChI=1S/C16H17N3O3S/c20-16(11-17-12-4-1-5-13(10-12)19(21)22)18-8-2-6-14(18)15-7-3-9-23-15/h1,3-5,7,9-10,14,17H,2,6,8,11H2. The average Bonchev–Trinajstić information content (AvgIpc) is 3.23. The van der Waals surface area contributed by atoms with E-state index in [1.54, 1.807) is 23.5 Å². The van der Waals surface area contributed by atoms with E-state index < -0.39 is 4.92 Å². The van der Waals surface area contributed by atoms with Gasteiger partial charge in [-0.1, -0.05) is 12.1 Å². The monoisotopic (exact) mass is 331 g/mol. The highest BCUT2D eigenvalue weighted by Crippen LogP contribution is 2.34. The van der Waals surface area contributed by atoms with Crippen LogP contribution in [0.2, 0.25) is 0 Å². The Labute approximate surface area is 137 Å². The topological polar surface area (TPSA) is 75.5 Å². The average molecular weight is 331 g/mol. The molecule has 2 aromatic rings. The first kappa shape index (κ1) is 15.5. The number of nitrogens with one attached hydrogen (secondary N) is 1. The van der Waals surface area contributed by atoms with Gasteiger partial charge in [0.15, 0.2) is 0 Å². The number of hydrogen-bond acceptors (Lipinski definition) is 5. The molecule has 1 fully saturated rings. The van der Waals surface area contributed by atoms with E-state index in [9.17, 15) is 14.9 Å². The summed E-state index contributed by atoms with van der Waals surface area (Å²) in [6.07, 6.45) is 1.99. The van der Waals surface area contributed by atoms with Crippen molar-refractivity contribution < 1.29 is 9.72 Å². The Kier molecular flexibility index (Phi) is 4.57. The predicted molar refractivity (Wildman–Crippen MR) is 89.6 cm³/mol. The van der Waals surface area contributed by atoms with Crippen LogP contribution in [0.3, 0.4) is 0 Å². The van der Waals surface area contributed by atoms with Gasteiger partial charge >= 0.3 is 0 Å². The molecule has 7 heteroatoms. The Hall–Kier alpha value is -2.41. The number of likely N-dealkylation sites (tertiary alicyclic amines) is 1. The molecule has 1 aliphatic rings. The SMILES string of the molecule is O=C(CNc1cccc([N+](=O)[O-])c1)N1CCCC1c1cccs1. The number of anilines is 1. The Morgan fingerprint density at radius 1 is 1.39 bits per heavy atom. The normalized spacial score (nSPS) is 17.2. The smallest absolute Gasteiger partial charge is 0.271 e. The molecule has 2 heterocycles. The van der Waals surface area contributed by atoms with Crippen molar-refractivity contribution in [3.63, 3.8) is 0 Å². The number of thiophene rings is 1. The van der Waals surface area contributed by atoms with E-state index in [0.717, 1.165) is 19.4 Å². The lowest BCUT2D eigenvalue weighted by Gasteiger charge is -2.24. The van der Waals surface area contributed by atoms with Crippen LogP contribution < -0.4 is 5.32 Å². The molecule has 1 amide bonds.